The van der Waals surface area contributed by atoms with Crippen LogP contribution in [-0.2, 0) is 22.6 Å². The lowest BCUT2D eigenvalue weighted by atomic mass is 10.0. The van der Waals surface area contributed by atoms with E-state index in [-0.39, 0.29) is 23.1 Å². The van der Waals surface area contributed by atoms with Gasteiger partial charge in [-0.15, -0.1) is 0 Å². The van der Waals surface area contributed by atoms with Crippen LogP contribution in [0.5, 0.6) is 0 Å². The smallest absolute Gasteiger partial charge is 0.227 e. The third kappa shape index (κ3) is 3.87. The molecule has 1 aromatic heterocycles. The highest BCUT2D eigenvalue weighted by atomic mass is 16.2. The molecule has 27 heavy (non-hydrogen) atoms. The van der Waals surface area contributed by atoms with Crippen LogP contribution in [0.25, 0.3) is 0 Å². The molecule has 2 heterocycles. The molecule has 1 aliphatic carbocycles. The third-order valence-corrected chi connectivity index (χ3v) is 5.91. The molecule has 2 aromatic rings. The Morgan fingerprint density at radius 2 is 2.04 bits per heavy atom. The molecule has 5 heteroatoms. The summed E-state index contributed by atoms with van der Waals surface area (Å²) in [5, 5.41) is 3.02. The van der Waals surface area contributed by atoms with Crippen molar-refractivity contribution in [2.45, 2.75) is 32.7 Å². The van der Waals surface area contributed by atoms with E-state index in [0.717, 1.165) is 30.5 Å². The van der Waals surface area contributed by atoms with E-state index in [9.17, 15) is 9.59 Å². The van der Waals surface area contributed by atoms with Crippen LogP contribution in [0.1, 0.15) is 29.5 Å². The number of likely N-dealkylation sites (tertiary alicyclic amines) is 1. The van der Waals surface area contributed by atoms with Crippen molar-refractivity contribution in [1.29, 1.82) is 0 Å². The highest BCUT2D eigenvalue weighted by molar-refractivity contribution is 5.84. The fourth-order valence-corrected chi connectivity index (χ4v) is 4.09. The largest absolute Gasteiger partial charge is 0.352 e. The zero-order chi connectivity index (χ0) is 18.9. The van der Waals surface area contributed by atoms with Gasteiger partial charge in [-0.05, 0) is 37.0 Å². The Bertz CT molecular complexity index is 834. The fraction of sp³-hybridized carbons (Fsp3) is 0.409. The third-order valence-electron chi connectivity index (χ3n) is 5.91. The molecule has 1 spiro atoms. The van der Waals surface area contributed by atoms with Gasteiger partial charge in [0.05, 0.1) is 6.42 Å². The number of nitrogens with one attached hydrogen (secondary N) is 1. The molecule has 1 aromatic carbocycles. The highest BCUT2D eigenvalue weighted by Gasteiger charge is 2.61. The normalized spacial score (nSPS) is 23.4. The van der Waals surface area contributed by atoms with Crippen molar-refractivity contribution >= 4 is 11.8 Å². The van der Waals surface area contributed by atoms with Crippen molar-refractivity contribution in [3.05, 3.63) is 65.5 Å². The minimum Gasteiger partial charge on any atom is -0.352 e. The molecule has 5 nitrogen and oxygen atoms in total. The number of aryl methyl sites for hydroxylation is 1. The maximum Gasteiger partial charge on any atom is 0.227 e. The Morgan fingerprint density at radius 1 is 1.22 bits per heavy atom. The van der Waals surface area contributed by atoms with Crippen molar-refractivity contribution in [3.63, 3.8) is 0 Å². The van der Waals surface area contributed by atoms with Gasteiger partial charge in [0.25, 0.3) is 0 Å². The monoisotopic (exact) mass is 363 g/mol. The summed E-state index contributed by atoms with van der Waals surface area (Å²) in [5.74, 6) is 0.301. The lowest BCUT2D eigenvalue weighted by Crippen LogP contribution is -2.32. The van der Waals surface area contributed by atoms with Crippen LogP contribution in [0.4, 0.5) is 0 Å². The van der Waals surface area contributed by atoms with Crippen molar-refractivity contribution < 1.29 is 9.59 Å². The lowest BCUT2D eigenvalue weighted by Gasteiger charge is -2.17. The second-order valence-corrected chi connectivity index (χ2v) is 7.93. The Labute approximate surface area is 159 Å². The molecule has 2 fully saturated rings. The summed E-state index contributed by atoms with van der Waals surface area (Å²) in [6.07, 6.45) is 5.75. The fourth-order valence-electron chi connectivity index (χ4n) is 4.09. The molecule has 4 rings (SSSR count). The van der Waals surface area contributed by atoms with Crippen molar-refractivity contribution in [2.75, 3.05) is 13.1 Å². The molecule has 2 amide bonds. The predicted octanol–water partition coefficient (Wildman–Crippen LogP) is 2.49. The van der Waals surface area contributed by atoms with Gasteiger partial charge in [-0.25, -0.2) is 0 Å². The number of hydrogen-bond donors (Lipinski definition) is 1. The molecule has 1 saturated carbocycles. The summed E-state index contributed by atoms with van der Waals surface area (Å²) in [6.45, 7) is 4.03. The molecule has 0 unspecified atom stereocenters. The average Bonchev–Trinajstić information content (AvgIpc) is 3.22. The summed E-state index contributed by atoms with van der Waals surface area (Å²) in [6, 6.07) is 11.9. The minimum atomic E-state index is 0.00194. The molecule has 2 atom stereocenters. The Kier molecular flexibility index (Phi) is 4.68. The summed E-state index contributed by atoms with van der Waals surface area (Å²) in [5.41, 5.74) is 3.25. The maximum atomic E-state index is 12.6. The van der Waals surface area contributed by atoms with E-state index >= 15 is 0 Å². The van der Waals surface area contributed by atoms with Crippen LogP contribution in [0, 0.1) is 18.3 Å². The van der Waals surface area contributed by atoms with Gasteiger partial charge in [0.1, 0.15) is 0 Å². The number of rotatable bonds is 5. The van der Waals surface area contributed by atoms with E-state index in [2.05, 4.69) is 10.3 Å². The Morgan fingerprint density at radius 3 is 2.78 bits per heavy atom. The molecule has 1 N–H and O–H groups in total. The molecule has 140 valence electrons. The van der Waals surface area contributed by atoms with Gasteiger partial charge in [0, 0.05) is 43.4 Å². The van der Waals surface area contributed by atoms with Gasteiger partial charge in [0.15, 0.2) is 0 Å². The number of hydrogen-bond acceptors (Lipinski definition) is 3. The van der Waals surface area contributed by atoms with Crippen LogP contribution in [0.15, 0.2) is 48.8 Å². The first-order valence-electron chi connectivity index (χ1n) is 9.56. The molecule has 2 aliphatic rings. The number of amides is 2. The standard InChI is InChI=1S/C22H25N3O2/c1-16-4-6-17(7-5-16)11-20(26)25-10-8-22(15-25)12-19(22)21(27)24-14-18-3-2-9-23-13-18/h2-7,9,13,19H,8,10-12,14-15H2,1H3,(H,24,27)/t19-,22-/m0/s1. The quantitative estimate of drug-likeness (QED) is 0.888. The number of aromatic nitrogens is 1. The molecule has 0 radical (unpaired) electrons. The number of carbonyl (C=O) groups excluding carboxylic acids is 2. The van der Waals surface area contributed by atoms with Crippen LogP contribution in [0.2, 0.25) is 0 Å². The van der Waals surface area contributed by atoms with Crippen molar-refractivity contribution in [3.8, 4) is 0 Å². The van der Waals surface area contributed by atoms with Crippen molar-refractivity contribution in [2.24, 2.45) is 11.3 Å². The molecule has 1 saturated heterocycles. The van der Waals surface area contributed by atoms with Crippen LogP contribution < -0.4 is 5.32 Å². The summed E-state index contributed by atoms with van der Waals surface area (Å²) in [4.78, 5) is 31.1. The zero-order valence-corrected chi connectivity index (χ0v) is 15.6. The highest BCUT2D eigenvalue weighted by Crippen LogP contribution is 2.58. The second-order valence-electron chi connectivity index (χ2n) is 7.93. The van der Waals surface area contributed by atoms with Crippen LogP contribution in [0.3, 0.4) is 0 Å². The first-order chi connectivity index (χ1) is 13.1. The van der Waals surface area contributed by atoms with Gasteiger partial charge in [0.2, 0.25) is 11.8 Å². The summed E-state index contributed by atoms with van der Waals surface area (Å²) in [7, 11) is 0. The first kappa shape index (κ1) is 17.7. The number of carbonyl (C=O) groups is 2. The SMILES string of the molecule is Cc1ccc(CC(=O)N2CC[C@]3(C[C@H]3C(=O)NCc3cccnc3)C2)cc1. The van der Waals surface area contributed by atoms with Crippen LogP contribution >= 0.6 is 0 Å². The number of nitrogens with zero attached hydrogens (tertiary/aromatic N) is 2. The molecule has 1 aliphatic heterocycles. The maximum absolute atomic E-state index is 12.6. The van der Waals surface area contributed by atoms with Gasteiger partial charge in [-0.3, -0.25) is 14.6 Å². The Balaban J connectivity index is 1.28. The second kappa shape index (κ2) is 7.14. The number of pyridine rings is 1. The topological polar surface area (TPSA) is 62.3 Å². The van der Waals surface area contributed by atoms with E-state index in [1.165, 1.54) is 5.56 Å². The molecular weight excluding hydrogens is 338 g/mol. The van der Waals surface area contributed by atoms with Crippen LogP contribution in [-0.4, -0.2) is 34.8 Å². The van der Waals surface area contributed by atoms with E-state index in [4.69, 9.17) is 0 Å². The number of benzene rings is 1. The van der Waals surface area contributed by atoms with E-state index in [1.54, 1.807) is 12.4 Å². The molecule has 0 bridgehead atoms. The van der Waals surface area contributed by atoms with E-state index < -0.39 is 0 Å². The summed E-state index contributed by atoms with van der Waals surface area (Å²) < 4.78 is 0. The zero-order valence-electron chi connectivity index (χ0n) is 15.6. The summed E-state index contributed by atoms with van der Waals surface area (Å²) >= 11 is 0. The van der Waals surface area contributed by atoms with Gasteiger partial charge in [-0.2, -0.15) is 0 Å². The van der Waals surface area contributed by atoms with E-state index in [0.29, 0.717) is 19.5 Å². The average molecular weight is 363 g/mol. The van der Waals surface area contributed by atoms with Gasteiger partial charge < -0.3 is 10.2 Å². The lowest BCUT2D eigenvalue weighted by molar-refractivity contribution is -0.130. The predicted molar refractivity (Wildman–Crippen MR) is 103 cm³/mol. The van der Waals surface area contributed by atoms with Gasteiger partial charge >= 0.3 is 0 Å². The van der Waals surface area contributed by atoms with Gasteiger partial charge in [-0.1, -0.05) is 35.9 Å². The van der Waals surface area contributed by atoms with E-state index in [1.807, 2.05) is 48.2 Å². The molecular formula is C22H25N3O2. The first-order valence-corrected chi connectivity index (χ1v) is 9.56. The van der Waals surface area contributed by atoms with Crippen molar-refractivity contribution in [1.82, 2.24) is 15.2 Å². The minimum absolute atomic E-state index is 0.00194. The Hall–Kier alpha value is -2.69.